The maximum atomic E-state index is 11.8. The summed E-state index contributed by atoms with van der Waals surface area (Å²) in [5, 5.41) is 0. The third-order valence-corrected chi connectivity index (χ3v) is 6.80. The van der Waals surface area contributed by atoms with Crippen LogP contribution >= 0.6 is 0 Å². The van der Waals surface area contributed by atoms with Crippen LogP contribution in [0.15, 0.2) is 4.99 Å². The second-order valence-electron chi connectivity index (χ2n) is 6.15. The summed E-state index contributed by atoms with van der Waals surface area (Å²) in [6.07, 6.45) is 6.00. The third kappa shape index (κ3) is 3.04. The van der Waals surface area contributed by atoms with Gasteiger partial charge in [-0.25, -0.2) is 8.42 Å². The molecule has 2 aliphatic rings. The Morgan fingerprint density at radius 1 is 1.37 bits per heavy atom. The largest absolute Gasteiger partial charge is 0.370 e. The van der Waals surface area contributed by atoms with E-state index in [2.05, 4.69) is 16.8 Å². The highest BCUT2D eigenvalue weighted by Crippen LogP contribution is 2.39. The Morgan fingerprint density at radius 3 is 2.37 bits per heavy atom. The van der Waals surface area contributed by atoms with Crippen molar-refractivity contribution in [2.45, 2.75) is 43.8 Å². The lowest BCUT2D eigenvalue weighted by atomic mass is 9.84. The molecule has 0 radical (unpaired) electrons. The minimum absolute atomic E-state index is 0.323. The van der Waals surface area contributed by atoms with Crippen molar-refractivity contribution in [3.05, 3.63) is 0 Å². The van der Waals surface area contributed by atoms with E-state index in [-0.39, 0.29) is 0 Å². The van der Waals surface area contributed by atoms with Gasteiger partial charge in [0.05, 0.1) is 11.3 Å². The van der Waals surface area contributed by atoms with Gasteiger partial charge in [-0.1, -0.05) is 13.3 Å². The summed E-state index contributed by atoms with van der Waals surface area (Å²) >= 11 is 0. The van der Waals surface area contributed by atoms with E-state index in [0.29, 0.717) is 12.5 Å². The molecule has 2 fully saturated rings. The smallest absolute Gasteiger partial charge is 0.191 e. The zero-order valence-corrected chi connectivity index (χ0v) is 12.7. The highest BCUT2D eigenvalue weighted by atomic mass is 32.2. The summed E-state index contributed by atoms with van der Waals surface area (Å²) in [6, 6.07) is 0. The molecule has 0 unspecified atom stereocenters. The van der Waals surface area contributed by atoms with E-state index in [1.165, 1.54) is 6.26 Å². The van der Waals surface area contributed by atoms with Crippen molar-refractivity contribution in [1.29, 1.82) is 0 Å². The number of hydrogen-bond acceptors (Lipinski definition) is 3. The number of rotatable bonds is 3. The van der Waals surface area contributed by atoms with Gasteiger partial charge in [0, 0.05) is 19.3 Å². The number of hydrogen-bond donors (Lipinski definition) is 1. The van der Waals surface area contributed by atoms with Crippen LogP contribution < -0.4 is 5.73 Å². The molecule has 1 heterocycles. The van der Waals surface area contributed by atoms with Crippen LogP contribution in [0.4, 0.5) is 0 Å². The molecular weight excluding hydrogens is 262 g/mol. The van der Waals surface area contributed by atoms with Crippen LogP contribution in [0, 0.1) is 5.92 Å². The van der Waals surface area contributed by atoms with Gasteiger partial charge in [-0.3, -0.25) is 4.99 Å². The molecule has 0 aromatic carbocycles. The molecule has 0 bridgehead atoms. The molecule has 6 heteroatoms. The highest BCUT2D eigenvalue weighted by Gasteiger charge is 2.46. The molecule has 1 aliphatic carbocycles. The second-order valence-corrected chi connectivity index (χ2v) is 8.56. The van der Waals surface area contributed by atoms with Crippen molar-refractivity contribution >= 4 is 15.8 Å². The van der Waals surface area contributed by atoms with Gasteiger partial charge in [-0.15, -0.1) is 0 Å². The minimum atomic E-state index is -3.04. The van der Waals surface area contributed by atoms with Gasteiger partial charge in [0.2, 0.25) is 0 Å². The molecule has 1 saturated heterocycles. The summed E-state index contributed by atoms with van der Waals surface area (Å²) in [5.41, 5.74) is 6.00. The van der Waals surface area contributed by atoms with Crippen LogP contribution in [0.1, 0.15) is 39.0 Å². The van der Waals surface area contributed by atoms with Crippen LogP contribution in [0.2, 0.25) is 0 Å². The summed E-state index contributed by atoms with van der Waals surface area (Å²) in [6.45, 7) is 4.44. The molecule has 0 aromatic rings. The van der Waals surface area contributed by atoms with Crippen molar-refractivity contribution < 1.29 is 8.42 Å². The number of likely N-dealkylation sites (tertiary alicyclic amines) is 1. The summed E-state index contributed by atoms with van der Waals surface area (Å²) in [5.74, 6) is 1.26. The SMILES string of the molecule is CC1CCN(C(N)=NCC2(S(C)(=O)=O)CCC2)CC1. The van der Waals surface area contributed by atoms with Crippen LogP contribution in [0.3, 0.4) is 0 Å². The Labute approximate surface area is 116 Å². The summed E-state index contributed by atoms with van der Waals surface area (Å²) in [4.78, 5) is 6.45. The lowest BCUT2D eigenvalue weighted by Crippen LogP contribution is -2.49. The molecule has 1 aliphatic heterocycles. The Hall–Kier alpha value is -0.780. The van der Waals surface area contributed by atoms with E-state index in [1.54, 1.807) is 0 Å². The van der Waals surface area contributed by atoms with Gasteiger partial charge >= 0.3 is 0 Å². The fourth-order valence-electron chi connectivity index (χ4n) is 2.78. The number of aliphatic imine (C=N–C) groups is 1. The number of sulfone groups is 1. The maximum Gasteiger partial charge on any atom is 0.191 e. The fraction of sp³-hybridized carbons (Fsp3) is 0.923. The first kappa shape index (κ1) is 14.6. The molecule has 2 rings (SSSR count). The lowest BCUT2D eigenvalue weighted by molar-refractivity contribution is 0.276. The van der Waals surface area contributed by atoms with E-state index in [9.17, 15) is 8.42 Å². The predicted octanol–water partition coefficient (Wildman–Crippen LogP) is 1.00. The van der Waals surface area contributed by atoms with Crippen molar-refractivity contribution in [2.24, 2.45) is 16.6 Å². The van der Waals surface area contributed by atoms with E-state index < -0.39 is 14.6 Å². The summed E-state index contributed by atoms with van der Waals surface area (Å²) in [7, 11) is -3.04. The van der Waals surface area contributed by atoms with Gasteiger partial charge in [-0.05, 0) is 31.6 Å². The monoisotopic (exact) mass is 287 g/mol. The van der Waals surface area contributed by atoms with Crippen molar-refractivity contribution in [2.75, 3.05) is 25.9 Å². The molecular formula is C13H25N3O2S. The summed E-state index contributed by atoms with van der Waals surface area (Å²) < 4.78 is 23.0. The fourth-order valence-corrected chi connectivity index (χ4v) is 4.11. The van der Waals surface area contributed by atoms with Crippen molar-refractivity contribution in [3.63, 3.8) is 0 Å². The first-order chi connectivity index (χ1) is 8.84. The van der Waals surface area contributed by atoms with Crippen LogP contribution in [0.5, 0.6) is 0 Å². The average molecular weight is 287 g/mol. The van der Waals surface area contributed by atoms with Crippen molar-refractivity contribution in [3.8, 4) is 0 Å². The second kappa shape index (κ2) is 5.31. The van der Waals surface area contributed by atoms with Gasteiger partial charge in [0.15, 0.2) is 15.8 Å². The van der Waals surface area contributed by atoms with E-state index in [4.69, 9.17) is 5.73 Å². The van der Waals surface area contributed by atoms with Crippen molar-refractivity contribution in [1.82, 2.24) is 4.90 Å². The molecule has 2 N–H and O–H groups in total. The number of nitrogens with zero attached hydrogens (tertiary/aromatic N) is 2. The number of nitrogens with two attached hydrogens (primary N) is 1. The molecule has 5 nitrogen and oxygen atoms in total. The molecule has 0 spiro atoms. The van der Waals surface area contributed by atoms with Gasteiger partial charge in [0.25, 0.3) is 0 Å². The predicted molar refractivity (Wildman–Crippen MR) is 77.9 cm³/mol. The van der Waals surface area contributed by atoms with Gasteiger partial charge in [0.1, 0.15) is 0 Å². The lowest BCUT2D eigenvalue weighted by Gasteiger charge is -2.39. The maximum absolute atomic E-state index is 11.8. The van der Waals surface area contributed by atoms with Crippen LogP contribution in [0.25, 0.3) is 0 Å². The molecule has 110 valence electrons. The normalized spacial score (nSPS) is 25.2. The quantitative estimate of drug-likeness (QED) is 0.620. The number of guanidine groups is 1. The van der Waals surface area contributed by atoms with Gasteiger partial charge < -0.3 is 10.6 Å². The van der Waals surface area contributed by atoms with Gasteiger partial charge in [-0.2, -0.15) is 0 Å². The first-order valence-corrected chi connectivity index (χ1v) is 8.98. The number of piperidine rings is 1. The standard InChI is InChI=1S/C13H25N3O2S/c1-11-4-8-16(9-5-11)12(14)15-10-13(6-3-7-13)19(2,17)18/h11H,3-10H2,1-2H3,(H2,14,15). The Morgan fingerprint density at radius 2 is 1.95 bits per heavy atom. The minimum Gasteiger partial charge on any atom is -0.370 e. The Balaban J connectivity index is 1.98. The van der Waals surface area contributed by atoms with E-state index in [0.717, 1.165) is 51.1 Å². The topological polar surface area (TPSA) is 75.8 Å². The molecule has 0 amide bonds. The average Bonchev–Trinajstić information content (AvgIpc) is 2.26. The van der Waals surface area contributed by atoms with E-state index in [1.807, 2.05) is 0 Å². The van der Waals surface area contributed by atoms with E-state index >= 15 is 0 Å². The molecule has 0 aromatic heterocycles. The highest BCUT2D eigenvalue weighted by molar-refractivity contribution is 7.92. The third-order valence-electron chi connectivity index (χ3n) is 4.69. The zero-order chi connectivity index (χ0) is 14.1. The Bertz CT molecular complexity index is 447. The molecule has 19 heavy (non-hydrogen) atoms. The Kier molecular flexibility index (Phi) is 4.08. The molecule has 0 atom stereocenters. The molecule has 1 saturated carbocycles. The zero-order valence-electron chi connectivity index (χ0n) is 11.9. The van der Waals surface area contributed by atoms with Crippen LogP contribution in [-0.4, -0.2) is 49.9 Å². The van der Waals surface area contributed by atoms with Crippen LogP contribution in [-0.2, 0) is 9.84 Å². The first-order valence-electron chi connectivity index (χ1n) is 7.08.